The maximum Gasteiger partial charge on any atom is 0.264 e. The molecule has 0 aromatic carbocycles. The van der Waals surface area contributed by atoms with Crippen LogP contribution in [0.5, 0.6) is 0 Å². The summed E-state index contributed by atoms with van der Waals surface area (Å²) in [7, 11) is 0. The number of hydrogen-bond acceptors (Lipinski definition) is 5. The number of aromatic nitrogens is 2. The summed E-state index contributed by atoms with van der Waals surface area (Å²) in [6.07, 6.45) is 2.96. The van der Waals surface area contributed by atoms with Crippen molar-refractivity contribution >= 4 is 27.5 Å². The number of rotatable bonds is 2. The van der Waals surface area contributed by atoms with Gasteiger partial charge in [-0.25, -0.2) is 4.98 Å². The number of carbonyl (C=O) groups excluding carboxylic acids is 1. The van der Waals surface area contributed by atoms with Crippen molar-refractivity contribution < 1.29 is 4.79 Å². The summed E-state index contributed by atoms with van der Waals surface area (Å²) in [4.78, 5) is 36.3. The van der Waals surface area contributed by atoms with Gasteiger partial charge in [0, 0.05) is 39.1 Å². The summed E-state index contributed by atoms with van der Waals surface area (Å²) < 4.78 is 1.81. The Morgan fingerprint density at radius 1 is 1.16 bits per heavy atom. The summed E-state index contributed by atoms with van der Waals surface area (Å²) in [5.41, 5.74) is 0.838. The smallest absolute Gasteiger partial charge is 0.264 e. The highest BCUT2D eigenvalue weighted by Crippen LogP contribution is 2.29. The van der Waals surface area contributed by atoms with Crippen LogP contribution in [-0.2, 0) is 13.0 Å². The minimum atomic E-state index is 0.0308. The standard InChI is InChI=1S/C18H24N4O2S/c1-3-20-8-10-21(11-9-20)18(24)15-12(2)14-16(25-15)19-13-6-4-5-7-22(13)17(14)23/h3-11H2,1-2H3. The number of fused-ring (bicyclic) bond motifs is 2. The fourth-order valence-electron chi connectivity index (χ4n) is 3.85. The second-order valence-corrected chi connectivity index (χ2v) is 7.90. The molecule has 2 aromatic rings. The monoisotopic (exact) mass is 360 g/mol. The first-order valence-electron chi connectivity index (χ1n) is 9.14. The zero-order valence-corrected chi connectivity index (χ0v) is 15.7. The molecule has 0 aliphatic carbocycles. The Hall–Kier alpha value is -1.73. The van der Waals surface area contributed by atoms with Gasteiger partial charge in [-0.3, -0.25) is 14.2 Å². The van der Waals surface area contributed by atoms with Crippen LogP contribution in [0.2, 0.25) is 0 Å². The first-order valence-corrected chi connectivity index (χ1v) is 9.96. The Balaban J connectivity index is 1.71. The van der Waals surface area contributed by atoms with Crippen LogP contribution < -0.4 is 5.56 Å². The van der Waals surface area contributed by atoms with Gasteiger partial charge in [-0.15, -0.1) is 11.3 Å². The molecule has 1 fully saturated rings. The van der Waals surface area contributed by atoms with Crippen LogP contribution in [0.3, 0.4) is 0 Å². The number of aryl methyl sites for hydroxylation is 2. The number of nitrogens with zero attached hydrogens (tertiary/aromatic N) is 4. The molecule has 0 saturated carbocycles. The van der Waals surface area contributed by atoms with Crippen LogP contribution >= 0.6 is 11.3 Å². The highest BCUT2D eigenvalue weighted by atomic mass is 32.1. The second-order valence-electron chi connectivity index (χ2n) is 6.90. The van der Waals surface area contributed by atoms with Gasteiger partial charge in [0.2, 0.25) is 0 Å². The lowest BCUT2D eigenvalue weighted by Crippen LogP contribution is -2.48. The van der Waals surface area contributed by atoms with E-state index in [0.29, 0.717) is 10.3 Å². The number of thiophene rings is 1. The molecule has 4 heterocycles. The van der Waals surface area contributed by atoms with Crippen molar-refractivity contribution in [2.45, 2.75) is 39.7 Å². The van der Waals surface area contributed by atoms with E-state index in [0.717, 1.165) is 74.7 Å². The molecule has 0 radical (unpaired) electrons. The summed E-state index contributed by atoms with van der Waals surface area (Å²) in [5.74, 6) is 0.930. The van der Waals surface area contributed by atoms with Gasteiger partial charge < -0.3 is 9.80 Å². The van der Waals surface area contributed by atoms with Crippen LogP contribution in [0.4, 0.5) is 0 Å². The molecule has 1 amide bonds. The number of hydrogen-bond donors (Lipinski definition) is 0. The molecule has 7 heteroatoms. The highest BCUT2D eigenvalue weighted by molar-refractivity contribution is 7.20. The van der Waals surface area contributed by atoms with Gasteiger partial charge in [0.15, 0.2) is 0 Å². The van der Waals surface area contributed by atoms with Crippen molar-refractivity contribution in [3.8, 4) is 0 Å². The predicted octanol–water partition coefficient (Wildman–Crippen LogP) is 1.88. The molecule has 0 spiro atoms. The van der Waals surface area contributed by atoms with Crippen molar-refractivity contribution in [2.24, 2.45) is 0 Å². The van der Waals surface area contributed by atoms with E-state index < -0.39 is 0 Å². The molecule has 0 N–H and O–H groups in total. The summed E-state index contributed by atoms with van der Waals surface area (Å²) in [6.45, 7) is 9.15. The first kappa shape index (κ1) is 16.7. The third-order valence-corrected chi connectivity index (χ3v) is 6.64. The Morgan fingerprint density at radius 3 is 2.64 bits per heavy atom. The van der Waals surface area contributed by atoms with Crippen LogP contribution in [0.1, 0.15) is 40.8 Å². The molecule has 0 bridgehead atoms. The van der Waals surface area contributed by atoms with E-state index in [1.165, 1.54) is 11.3 Å². The van der Waals surface area contributed by atoms with Crippen LogP contribution in [0.15, 0.2) is 4.79 Å². The third-order valence-electron chi connectivity index (χ3n) is 5.46. The molecule has 0 unspecified atom stereocenters. The number of piperazine rings is 1. The first-order chi connectivity index (χ1) is 12.1. The predicted molar refractivity (Wildman–Crippen MR) is 99.6 cm³/mol. The number of carbonyl (C=O) groups is 1. The molecule has 1 saturated heterocycles. The number of likely N-dealkylation sites (N-methyl/N-ethyl adjacent to an activating group) is 1. The molecule has 2 aromatic heterocycles. The quantitative estimate of drug-likeness (QED) is 0.821. The van der Waals surface area contributed by atoms with Crippen LogP contribution in [-0.4, -0.2) is 58.0 Å². The van der Waals surface area contributed by atoms with Gasteiger partial charge >= 0.3 is 0 Å². The van der Waals surface area contributed by atoms with Gasteiger partial charge in [0.1, 0.15) is 10.7 Å². The molecule has 0 atom stereocenters. The van der Waals surface area contributed by atoms with Crippen molar-refractivity contribution in [3.63, 3.8) is 0 Å². The lowest BCUT2D eigenvalue weighted by molar-refractivity contribution is 0.0647. The molecular weight excluding hydrogens is 336 g/mol. The Kier molecular flexibility index (Phi) is 4.37. The highest BCUT2D eigenvalue weighted by Gasteiger charge is 2.27. The second kappa shape index (κ2) is 6.53. The average Bonchev–Trinajstić information content (AvgIpc) is 2.98. The molecule has 2 aliphatic heterocycles. The maximum absolute atomic E-state index is 13.0. The van der Waals surface area contributed by atoms with Gasteiger partial charge in [0.25, 0.3) is 11.5 Å². The normalized spacial score (nSPS) is 18.6. The van der Waals surface area contributed by atoms with E-state index in [9.17, 15) is 9.59 Å². The van der Waals surface area contributed by atoms with Crippen molar-refractivity contribution in [1.29, 1.82) is 0 Å². The van der Waals surface area contributed by atoms with Gasteiger partial charge in [-0.2, -0.15) is 0 Å². The van der Waals surface area contributed by atoms with E-state index in [1.54, 1.807) is 4.57 Å². The fraction of sp³-hybridized carbons (Fsp3) is 0.611. The van der Waals surface area contributed by atoms with Gasteiger partial charge in [-0.05, 0) is 31.9 Å². The van der Waals surface area contributed by atoms with Crippen LogP contribution in [0, 0.1) is 6.92 Å². The van der Waals surface area contributed by atoms with E-state index in [1.807, 2.05) is 11.8 Å². The van der Waals surface area contributed by atoms with Gasteiger partial charge in [-0.1, -0.05) is 6.92 Å². The number of amides is 1. The topological polar surface area (TPSA) is 58.4 Å². The minimum absolute atomic E-state index is 0.0308. The summed E-state index contributed by atoms with van der Waals surface area (Å²) in [5, 5.41) is 0.645. The SMILES string of the molecule is CCN1CCN(C(=O)c2sc3nc4n(c(=O)c3c2C)CCCC4)CC1. The van der Waals surface area contributed by atoms with E-state index in [-0.39, 0.29) is 11.5 Å². The maximum atomic E-state index is 13.0. The Morgan fingerprint density at radius 2 is 1.92 bits per heavy atom. The van der Waals surface area contributed by atoms with Crippen molar-refractivity contribution in [2.75, 3.05) is 32.7 Å². The largest absolute Gasteiger partial charge is 0.335 e. The zero-order chi connectivity index (χ0) is 17.6. The lowest BCUT2D eigenvalue weighted by atomic mass is 10.1. The molecule has 25 heavy (non-hydrogen) atoms. The van der Waals surface area contributed by atoms with Crippen LogP contribution in [0.25, 0.3) is 10.2 Å². The van der Waals surface area contributed by atoms with Gasteiger partial charge in [0.05, 0.1) is 10.3 Å². The molecule has 134 valence electrons. The average molecular weight is 360 g/mol. The molecule has 4 rings (SSSR count). The van der Waals surface area contributed by atoms with Crippen molar-refractivity contribution in [3.05, 3.63) is 26.6 Å². The third kappa shape index (κ3) is 2.79. The van der Waals surface area contributed by atoms with E-state index >= 15 is 0 Å². The zero-order valence-electron chi connectivity index (χ0n) is 14.9. The fourth-order valence-corrected chi connectivity index (χ4v) is 5.01. The van der Waals surface area contributed by atoms with E-state index in [4.69, 9.17) is 4.98 Å². The Bertz CT molecular complexity index is 877. The molecular formula is C18H24N4O2S. The Labute approximate surface area is 151 Å². The summed E-state index contributed by atoms with van der Waals surface area (Å²) >= 11 is 1.39. The lowest BCUT2D eigenvalue weighted by Gasteiger charge is -2.33. The van der Waals surface area contributed by atoms with Crippen molar-refractivity contribution in [1.82, 2.24) is 19.4 Å². The minimum Gasteiger partial charge on any atom is -0.335 e. The summed E-state index contributed by atoms with van der Waals surface area (Å²) in [6, 6.07) is 0. The molecule has 6 nitrogen and oxygen atoms in total. The van der Waals surface area contributed by atoms with E-state index in [2.05, 4.69) is 11.8 Å². The molecule has 2 aliphatic rings.